The molecular weight excluding hydrogens is 414 g/mol. The Balaban J connectivity index is 1.30. The second-order valence-corrected chi connectivity index (χ2v) is 9.31. The summed E-state index contributed by atoms with van der Waals surface area (Å²) in [6.45, 7) is 6.44. The zero-order valence-corrected chi connectivity index (χ0v) is 20.0. The molecule has 0 heterocycles. The molecule has 1 unspecified atom stereocenters. The van der Waals surface area contributed by atoms with Gasteiger partial charge in [0, 0.05) is 11.6 Å². The molecule has 0 radical (unpaired) electrons. The summed E-state index contributed by atoms with van der Waals surface area (Å²) >= 11 is 0. The largest absolute Gasteiger partial charge is 0.506 e. The van der Waals surface area contributed by atoms with Crippen LogP contribution in [0.4, 0.5) is 5.69 Å². The van der Waals surface area contributed by atoms with Crippen LogP contribution in [-0.2, 0) is 19.3 Å². The molecule has 2 aromatic rings. The highest BCUT2D eigenvalue weighted by Crippen LogP contribution is 2.36. The van der Waals surface area contributed by atoms with Crippen LogP contribution >= 0.6 is 0 Å². The zero-order chi connectivity index (χ0) is 23.6. The van der Waals surface area contributed by atoms with Gasteiger partial charge in [-0.1, -0.05) is 31.9 Å². The Morgan fingerprint density at radius 1 is 0.970 bits per heavy atom. The summed E-state index contributed by atoms with van der Waals surface area (Å²) in [5.41, 5.74) is 9.45. The van der Waals surface area contributed by atoms with Gasteiger partial charge in [0.05, 0.1) is 5.69 Å². The molecule has 6 N–H and O–H groups in total. The summed E-state index contributed by atoms with van der Waals surface area (Å²) < 4.78 is 0. The first kappa shape index (κ1) is 25.2. The molecule has 0 aliphatic heterocycles. The number of fused-ring (bicyclic) bond motifs is 1. The molecule has 0 aromatic heterocycles. The van der Waals surface area contributed by atoms with E-state index in [1.54, 1.807) is 12.1 Å². The van der Waals surface area contributed by atoms with Gasteiger partial charge in [0.15, 0.2) is 11.5 Å². The molecule has 0 bridgehead atoms. The van der Waals surface area contributed by atoms with Crippen molar-refractivity contribution < 1.29 is 15.3 Å². The second kappa shape index (κ2) is 12.7. The predicted octanol–water partition coefficient (Wildman–Crippen LogP) is 4.35. The third-order valence-corrected chi connectivity index (χ3v) is 6.80. The molecule has 3 rings (SSSR count). The van der Waals surface area contributed by atoms with Gasteiger partial charge in [-0.2, -0.15) is 0 Å². The average molecular weight is 456 g/mol. The first-order valence-electron chi connectivity index (χ1n) is 12.5. The van der Waals surface area contributed by atoms with E-state index in [4.69, 9.17) is 5.73 Å². The average Bonchev–Trinajstić information content (AvgIpc) is 2.81. The number of phenols is 3. The number of nitrogens with zero attached hydrogens (tertiary/aromatic N) is 1. The molecule has 1 atom stereocenters. The standard InChI is InChI=1S/C27H41N3O3/c1-2-16-30(22-9-10-23-21(19-22)8-12-26(32)27(23)33)17-6-4-3-5-14-29-15-13-20-7-11-25(31)24(28)18-20/h7-8,11-12,18,22,29,31-33H,2-6,9-10,13-17,19,28H2,1H3. The smallest absolute Gasteiger partial charge is 0.160 e. The Hall–Kier alpha value is -2.44. The summed E-state index contributed by atoms with van der Waals surface area (Å²) in [5.74, 6) is 0.225. The number of phenolic OH excluding ortho intramolecular Hbond substituents is 3. The Bertz CT molecular complexity index is 887. The molecule has 1 aliphatic rings. The lowest BCUT2D eigenvalue weighted by Crippen LogP contribution is -2.40. The van der Waals surface area contributed by atoms with Crippen molar-refractivity contribution in [2.24, 2.45) is 0 Å². The lowest BCUT2D eigenvalue weighted by molar-refractivity contribution is 0.175. The van der Waals surface area contributed by atoms with Gasteiger partial charge in [0.25, 0.3) is 0 Å². The van der Waals surface area contributed by atoms with Crippen LogP contribution in [0.3, 0.4) is 0 Å². The summed E-state index contributed by atoms with van der Waals surface area (Å²) in [7, 11) is 0. The number of rotatable bonds is 13. The Labute approximate surface area is 198 Å². The number of hydrogen-bond donors (Lipinski definition) is 5. The summed E-state index contributed by atoms with van der Waals surface area (Å²) in [5, 5.41) is 32.9. The zero-order valence-electron chi connectivity index (χ0n) is 20.0. The second-order valence-electron chi connectivity index (χ2n) is 9.31. The first-order chi connectivity index (χ1) is 16.0. The third-order valence-electron chi connectivity index (χ3n) is 6.80. The van der Waals surface area contributed by atoms with Crippen LogP contribution in [0.15, 0.2) is 30.3 Å². The fraction of sp³-hybridized carbons (Fsp3) is 0.556. The number of nitrogens with one attached hydrogen (secondary N) is 1. The minimum atomic E-state index is -0.00263. The van der Waals surface area contributed by atoms with E-state index in [-0.39, 0.29) is 17.2 Å². The normalized spacial score (nSPS) is 15.6. The van der Waals surface area contributed by atoms with Crippen molar-refractivity contribution in [3.63, 3.8) is 0 Å². The van der Waals surface area contributed by atoms with E-state index in [0.29, 0.717) is 11.7 Å². The van der Waals surface area contributed by atoms with Crippen molar-refractivity contribution in [1.82, 2.24) is 10.2 Å². The van der Waals surface area contributed by atoms with Gasteiger partial charge in [0.1, 0.15) is 5.75 Å². The molecular formula is C27H41N3O3. The molecule has 6 nitrogen and oxygen atoms in total. The predicted molar refractivity (Wildman–Crippen MR) is 135 cm³/mol. The molecule has 0 saturated heterocycles. The number of benzene rings is 2. The minimum Gasteiger partial charge on any atom is -0.506 e. The van der Waals surface area contributed by atoms with Gasteiger partial charge in [-0.15, -0.1) is 0 Å². The summed E-state index contributed by atoms with van der Waals surface area (Å²) in [4.78, 5) is 2.63. The number of nitrogen functional groups attached to an aromatic ring is 1. The Morgan fingerprint density at radius 2 is 1.76 bits per heavy atom. The van der Waals surface area contributed by atoms with Crippen molar-refractivity contribution in [1.29, 1.82) is 0 Å². The number of unbranched alkanes of at least 4 members (excludes halogenated alkanes) is 3. The monoisotopic (exact) mass is 455 g/mol. The van der Waals surface area contributed by atoms with E-state index in [2.05, 4.69) is 17.1 Å². The van der Waals surface area contributed by atoms with Crippen LogP contribution in [0.25, 0.3) is 0 Å². The van der Waals surface area contributed by atoms with E-state index in [9.17, 15) is 15.3 Å². The number of hydrogen-bond acceptors (Lipinski definition) is 6. The van der Waals surface area contributed by atoms with Gasteiger partial charge in [-0.05, 0) is 100 Å². The van der Waals surface area contributed by atoms with Gasteiger partial charge in [-0.25, -0.2) is 0 Å². The van der Waals surface area contributed by atoms with E-state index in [1.165, 1.54) is 31.2 Å². The lowest BCUT2D eigenvalue weighted by atomic mass is 9.86. The Morgan fingerprint density at radius 3 is 2.55 bits per heavy atom. The molecule has 0 fully saturated rings. The first-order valence-corrected chi connectivity index (χ1v) is 12.5. The molecule has 0 spiro atoms. The highest BCUT2D eigenvalue weighted by Gasteiger charge is 2.26. The lowest BCUT2D eigenvalue weighted by Gasteiger charge is -2.35. The van der Waals surface area contributed by atoms with Crippen LogP contribution in [0.1, 0.15) is 62.1 Å². The summed E-state index contributed by atoms with van der Waals surface area (Å²) in [6, 6.07) is 9.55. The van der Waals surface area contributed by atoms with Crippen molar-refractivity contribution in [2.75, 3.05) is 31.9 Å². The maximum Gasteiger partial charge on any atom is 0.160 e. The van der Waals surface area contributed by atoms with Crippen molar-refractivity contribution >= 4 is 5.69 Å². The quantitative estimate of drug-likeness (QED) is 0.175. The fourth-order valence-corrected chi connectivity index (χ4v) is 4.91. The van der Waals surface area contributed by atoms with Crippen LogP contribution < -0.4 is 11.1 Å². The van der Waals surface area contributed by atoms with Crippen LogP contribution in [0, 0.1) is 0 Å². The van der Waals surface area contributed by atoms with Crippen molar-refractivity contribution in [3.8, 4) is 17.2 Å². The van der Waals surface area contributed by atoms with Crippen LogP contribution in [-0.4, -0.2) is 52.4 Å². The topological polar surface area (TPSA) is 102 Å². The molecule has 0 amide bonds. The van der Waals surface area contributed by atoms with E-state index in [1.807, 2.05) is 18.2 Å². The molecule has 2 aromatic carbocycles. The van der Waals surface area contributed by atoms with Crippen molar-refractivity contribution in [2.45, 2.75) is 70.8 Å². The van der Waals surface area contributed by atoms with Gasteiger partial charge >= 0.3 is 0 Å². The van der Waals surface area contributed by atoms with Crippen LogP contribution in [0.2, 0.25) is 0 Å². The SMILES string of the molecule is CCCN(CCCCCCNCCc1ccc(O)c(N)c1)C1CCc2c(ccc(O)c2O)C1. The van der Waals surface area contributed by atoms with Crippen molar-refractivity contribution in [3.05, 3.63) is 47.0 Å². The van der Waals surface area contributed by atoms with E-state index in [0.717, 1.165) is 69.4 Å². The van der Waals surface area contributed by atoms with Crippen LogP contribution in [0.5, 0.6) is 17.2 Å². The molecule has 182 valence electrons. The van der Waals surface area contributed by atoms with Gasteiger partial charge in [0.2, 0.25) is 0 Å². The summed E-state index contributed by atoms with van der Waals surface area (Å²) in [6.07, 6.45) is 9.79. The fourth-order valence-electron chi connectivity index (χ4n) is 4.91. The third kappa shape index (κ3) is 7.27. The van der Waals surface area contributed by atoms with E-state index >= 15 is 0 Å². The number of anilines is 1. The molecule has 0 saturated carbocycles. The maximum atomic E-state index is 10.1. The molecule has 6 heteroatoms. The molecule has 33 heavy (non-hydrogen) atoms. The maximum absolute atomic E-state index is 10.1. The van der Waals surface area contributed by atoms with E-state index < -0.39 is 0 Å². The molecule has 1 aliphatic carbocycles. The highest BCUT2D eigenvalue weighted by molar-refractivity contribution is 5.53. The number of aromatic hydroxyl groups is 3. The van der Waals surface area contributed by atoms with Gasteiger partial charge in [-0.3, -0.25) is 0 Å². The Kier molecular flexibility index (Phi) is 9.70. The minimum absolute atomic E-state index is 0.00263. The highest BCUT2D eigenvalue weighted by atomic mass is 16.3. The van der Waals surface area contributed by atoms with Gasteiger partial charge < -0.3 is 31.3 Å². The number of nitrogens with two attached hydrogens (primary N) is 1.